The van der Waals surface area contributed by atoms with Gasteiger partial charge in [-0.05, 0) is 36.7 Å². The number of imidazole rings is 1. The van der Waals surface area contributed by atoms with Crippen LogP contribution in [0.5, 0.6) is 0 Å². The molecule has 0 aliphatic carbocycles. The van der Waals surface area contributed by atoms with Crippen LogP contribution in [0.25, 0.3) is 11.2 Å². The largest absolute Gasteiger partial charge is 0.480 e. The van der Waals surface area contributed by atoms with Gasteiger partial charge in [0.1, 0.15) is 25.0 Å². The molecule has 13 heteroatoms. The van der Waals surface area contributed by atoms with E-state index < -0.39 is 30.1 Å². The zero-order valence-electron chi connectivity index (χ0n) is 16.2. The molecule has 0 spiro atoms. The highest BCUT2D eigenvalue weighted by Crippen LogP contribution is 2.21. The van der Waals surface area contributed by atoms with Crippen molar-refractivity contribution >= 4 is 50.9 Å². The van der Waals surface area contributed by atoms with E-state index in [1.54, 1.807) is 20.8 Å². The zero-order valence-corrected chi connectivity index (χ0v) is 17.8. The van der Waals surface area contributed by atoms with Crippen molar-refractivity contribution in [2.24, 2.45) is 0 Å². The molecule has 0 aliphatic heterocycles. The van der Waals surface area contributed by atoms with Crippen LogP contribution >= 0.6 is 15.9 Å². The molecule has 2 aromatic heterocycles. The van der Waals surface area contributed by atoms with Crippen LogP contribution in [0.1, 0.15) is 20.8 Å². The lowest BCUT2D eigenvalue weighted by molar-refractivity contribution is -0.144. The average molecular weight is 472 g/mol. The summed E-state index contributed by atoms with van der Waals surface area (Å²) in [5.41, 5.74) is 5.75. The molecular weight excluding hydrogens is 450 g/mol. The third-order valence-electron chi connectivity index (χ3n) is 3.54. The van der Waals surface area contributed by atoms with Gasteiger partial charge in [0.15, 0.2) is 21.7 Å². The third kappa shape index (κ3) is 6.27. The van der Waals surface area contributed by atoms with Gasteiger partial charge in [-0.1, -0.05) is 0 Å². The Morgan fingerprint density at radius 1 is 1.34 bits per heavy atom. The lowest BCUT2D eigenvalue weighted by Gasteiger charge is -2.23. The summed E-state index contributed by atoms with van der Waals surface area (Å²) in [5.74, 6) is -1.53. The Bertz CT molecular complexity index is 924. The van der Waals surface area contributed by atoms with Crippen LogP contribution < -0.4 is 11.1 Å². The molecule has 0 saturated heterocycles. The Labute approximate surface area is 174 Å². The van der Waals surface area contributed by atoms with Crippen LogP contribution in [-0.4, -0.2) is 72.7 Å². The summed E-state index contributed by atoms with van der Waals surface area (Å²) >= 11 is 3.24. The van der Waals surface area contributed by atoms with Gasteiger partial charge in [0, 0.05) is 13.1 Å². The Morgan fingerprint density at radius 3 is 2.66 bits per heavy atom. The van der Waals surface area contributed by atoms with Crippen LogP contribution in [-0.2, 0) is 20.9 Å². The second-order valence-electron chi connectivity index (χ2n) is 7.04. The number of hydrogen-bond acceptors (Lipinski definition) is 8. The van der Waals surface area contributed by atoms with Gasteiger partial charge in [-0.3, -0.25) is 14.2 Å². The third-order valence-corrected chi connectivity index (χ3v) is 4.14. The van der Waals surface area contributed by atoms with Gasteiger partial charge in [0.2, 0.25) is 5.91 Å². The summed E-state index contributed by atoms with van der Waals surface area (Å²) in [5, 5.41) is 11.6. The fourth-order valence-corrected chi connectivity index (χ4v) is 2.84. The van der Waals surface area contributed by atoms with Crippen molar-refractivity contribution in [2.45, 2.75) is 32.9 Å². The molecule has 4 N–H and O–H groups in total. The maximum Gasteiger partial charge on any atom is 0.407 e. The first kappa shape index (κ1) is 22.3. The average Bonchev–Trinajstić information content (AvgIpc) is 2.89. The van der Waals surface area contributed by atoms with Crippen molar-refractivity contribution in [3.05, 3.63) is 11.1 Å². The number of hydrogen-bond donors (Lipinski definition) is 3. The number of carboxylic acid groups (broad SMARTS) is 1. The number of alkyl carbamates (subject to hydrolysis) is 1. The Hall–Kier alpha value is -2.96. The van der Waals surface area contributed by atoms with E-state index in [1.165, 1.54) is 10.9 Å². The Kier molecular flexibility index (Phi) is 6.95. The molecule has 0 bridgehead atoms. The summed E-state index contributed by atoms with van der Waals surface area (Å²) < 4.78 is 6.86. The monoisotopic (exact) mass is 471 g/mol. The zero-order chi connectivity index (χ0) is 21.8. The first-order valence-electron chi connectivity index (χ1n) is 8.56. The molecule has 29 heavy (non-hydrogen) atoms. The highest BCUT2D eigenvalue weighted by molar-refractivity contribution is 9.10. The van der Waals surface area contributed by atoms with Crippen molar-refractivity contribution in [3.8, 4) is 0 Å². The van der Waals surface area contributed by atoms with Gasteiger partial charge in [-0.15, -0.1) is 0 Å². The second kappa shape index (κ2) is 9.03. The highest BCUT2D eigenvalue weighted by Gasteiger charge is 2.22. The number of nitrogen functional groups attached to an aromatic ring is 1. The fourth-order valence-electron chi connectivity index (χ4n) is 2.37. The first-order chi connectivity index (χ1) is 13.5. The number of halogens is 1. The van der Waals surface area contributed by atoms with Crippen molar-refractivity contribution < 1.29 is 24.2 Å². The van der Waals surface area contributed by atoms with E-state index in [2.05, 4.69) is 36.2 Å². The van der Waals surface area contributed by atoms with E-state index in [1.807, 2.05) is 0 Å². The molecule has 0 aliphatic rings. The molecular formula is C16H22BrN7O5. The summed E-state index contributed by atoms with van der Waals surface area (Å²) in [7, 11) is 0. The number of ether oxygens (including phenoxy) is 1. The number of aliphatic carboxylic acids is 1. The van der Waals surface area contributed by atoms with Crippen LogP contribution in [0.2, 0.25) is 0 Å². The maximum absolute atomic E-state index is 12.7. The fraction of sp³-hybridized carbons (Fsp3) is 0.500. The molecule has 2 aromatic rings. The lowest BCUT2D eigenvalue weighted by Crippen LogP contribution is -2.43. The number of carbonyl (C=O) groups excluding carboxylic acids is 2. The summed E-state index contributed by atoms with van der Waals surface area (Å²) in [6, 6.07) is 0. The van der Waals surface area contributed by atoms with Gasteiger partial charge in [-0.25, -0.2) is 19.7 Å². The molecule has 12 nitrogen and oxygen atoms in total. The van der Waals surface area contributed by atoms with Crippen molar-refractivity contribution in [1.29, 1.82) is 0 Å². The van der Waals surface area contributed by atoms with E-state index in [0.29, 0.717) is 15.9 Å². The maximum atomic E-state index is 12.7. The molecule has 158 valence electrons. The number of nitrogens with two attached hydrogens (primary N) is 1. The van der Waals surface area contributed by atoms with Crippen LogP contribution in [0.15, 0.2) is 11.1 Å². The predicted molar refractivity (Wildman–Crippen MR) is 106 cm³/mol. The quantitative estimate of drug-likeness (QED) is 0.490. The number of carbonyl (C=O) groups is 3. The predicted octanol–water partition coefficient (Wildman–Crippen LogP) is 0.609. The van der Waals surface area contributed by atoms with E-state index in [0.717, 1.165) is 4.90 Å². The van der Waals surface area contributed by atoms with Gasteiger partial charge in [0.25, 0.3) is 0 Å². The van der Waals surface area contributed by atoms with Crippen LogP contribution in [0.4, 0.5) is 10.6 Å². The molecule has 2 amide bonds. The van der Waals surface area contributed by atoms with E-state index in [9.17, 15) is 14.4 Å². The smallest absolute Gasteiger partial charge is 0.407 e. The topological polar surface area (TPSA) is 166 Å². The molecule has 0 radical (unpaired) electrons. The molecule has 2 heterocycles. The van der Waals surface area contributed by atoms with Gasteiger partial charge < -0.3 is 25.8 Å². The number of fused-ring (bicyclic) bond motifs is 1. The molecule has 0 aromatic carbocycles. The molecule has 0 fully saturated rings. The Balaban J connectivity index is 2.08. The van der Waals surface area contributed by atoms with E-state index >= 15 is 0 Å². The molecule has 2 rings (SSSR count). The van der Waals surface area contributed by atoms with Crippen molar-refractivity contribution in [2.75, 3.05) is 25.4 Å². The lowest BCUT2D eigenvalue weighted by atomic mass is 10.2. The SMILES string of the molecule is CC(C)(C)OC(=O)NCCN(CC(=O)O)C(=O)Cn1c(Br)nc2c(N)ncnc21. The molecule has 0 saturated carbocycles. The minimum absolute atomic E-state index is 0.0221. The van der Waals surface area contributed by atoms with Crippen LogP contribution in [0, 0.1) is 0 Å². The van der Waals surface area contributed by atoms with Crippen molar-refractivity contribution in [1.82, 2.24) is 29.7 Å². The van der Waals surface area contributed by atoms with Gasteiger partial charge in [-0.2, -0.15) is 0 Å². The number of aromatic nitrogens is 4. The number of amides is 2. The minimum Gasteiger partial charge on any atom is -0.480 e. The van der Waals surface area contributed by atoms with E-state index in [4.69, 9.17) is 15.6 Å². The van der Waals surface area contributed by atoms with Crippen molar-refractivity contribution in [3.63, 3.8) is 0 Å². The Morgan fingerprint density at radius 2 is 2.03 bits per heavy atom. The first-order valence-corrected chi connectivity index (χ1v) is 9.36. The molecule has 0 unspecified atom stereocenters. The number of nitrogens with zero attached hydrogens (tertiary/aromatic N) is 5. The van der Waals surface area contributed by atoms with Crippen LogP contribution in [0.3, 0.4) is 0 Å². The number of nitrogens with one attached hydrogen (secondary N) is 1. The normalized spacial score (nSPS) is 11.3. The summed E-state index contributed by atoms with van der Waals surface area (Å²) in [6.07, 6.45) is 0.586. The summed E-state index contributed by atoms with van der Waals surface area (Å²) in [6.45, 7) is 4.40. The number of rotatable bonds is 7. The second-order valence-corrected chi connectivity index (χ2v) is 7.75. The number of carboxylic acids is 1. The highest BCUT2D eigenvalue weighted by atomic mass is 79.9. The minimum atomic E-state index is -1.18. The molecule has 0 atom stereocenters. The number of anilines is 1. The van der Waals surface area contributed by atoms with E-state index in [-0.39, 0.29) is 25.5 Å². The standard InChI is InChI=1S/C16H22BrN7O5/c1-16(2,3)29-15(28)19-4-5-23(7-10(26)27)9(25)6-24-13-11(22-14(24)17)12(18)20-8-21-13/h8H,4-7H2,1-3H3,(H,19,28)(H,26,27)(H2,18,20,21). The summed E-state index contributed by atoms with van der Waals surface area (Å²) in [4.78, 5) is 48.8. The van der Waals surface area contributed by atoms with Gasteiger partial charge >= 0.3 is 12.1 Å². The van der Waals surface area contributed by atoms with Gasteiger partial charge in [0.05, 0.1) is 0 Å².